The summed E-state index contributed by atoms with van der Waals surface area (Å²) in [7, 11) is 1.86. The molecule has 0 saturated heterocycles. The molecule has 1 saturated carbocycles. The van der Waals surface area contributed by atoms with Crippen LogP contribution in [0.25, 0.3) is 10.9 Å². The number of benzene rings is 1. The molecule has 1 heterocycles. The Morgan fingerprint density at radius 3 is 2.95 bits per heavy atom. The van der Waals surface area contributed by atoms with Crippen LogP contribution < -0.4 is 5.73 Å². The molecule has 0 radical (unpaired) electrons. The van der Waals surface area contributed by atoms with Crippen molar-refractivity contribution >= 4 is 16.8 Å². The van der Waals surface area contributed by atoms with Gasteiger partial charge in [0.1, 0.15) is 0 Å². The lowest BCUT2D eigenvalue weighted by Crippen LogP contribution is -2.43. The van der Waals surface area contributed by atoms with Crippen molar-refractivity contribution in [3.05, 3.63) is 36.0 Å². The molecule has 3 N–H and O–H groups in total. The summed E-state index contributed by atoms with van der Waals surface area (Å²) in [6.45, 7) is 0.539. The molecule has 0 spiro atoms. The first kappa shape index (κ1) is 12.2. The van der Waals surface area contributed by atoms with Crippen LogP contribution in [0.15, 0.2) is 30.5 Å². The summed E-state index contributed by atoms with van der Waals surface area (Å²) in [6.07, 6.45) is 4.26. The number of aromatic nitrogens is 1. The Balaban J connectivity index is 1.85. The van der Waals surface area contributed by atoms with Gasteiger partial charge >= 0.3 is 0 Å². The number of nitrogens with two attached hydrogens (primary N) is 1. The molecule has 3 rings (SSSR count). The lowest BCUT2D eigenvalue weighted by Gasteiger charge is -2.27. The van der Waals surface area contributed by atoms with Crippen molar-refractivity contribution in [2.24, 2.45) is 11.7 Å². The molecular weight excluding hydrogens is 238 g/mol. The highest BCUT2D eigenvalue weighted by atomic mass is 16.2. The zero-order valence-electron chi connectivity index (χ0n) is 11.1. The molecule has 1 fully saturated rings. The first-order valence-electron chi connectivity index (χ1n) is 6.75. The van der Waals surface area contributed by atoms with Crippen molar-refractivity contribution in [1.29, 1.82) is 0 Å². The van der Waals surface area contributed by atoms with E-state index in [1.807, 2.05) is 42.4 Å². The van der Waals surface area contributed by atoms with Crippen LogP contribution in [0.1, 0.15) is 23.2 Å². The number of H-pyrrole nitrogens is 1. The van der Waals surface area contributed by atoms with Crippen molar-refractivity contribution in [2.75, 3.05) is 13.6 Å². The molecule has 1 amide bonds. The number of likely N-dealkylation sites (N-methyl/N-ethyl adjacent to an activating group) is 1. The Hall–Kier alpha value is -1.81. The van der Waals surface area contributed by atoms with Crippen LogP contribution in [0.2, 0.25) is 0 Å². The molecule has 4 nitrogen and oxygen atoms in total. The number of carbonyl (C=O) groups excluding carboxylic acids is 1. The van der Waals surface area contributed by atoms with E-state index in [4.69, 9.17) is 5.73 Å². The third-order valence-electron chi connectivity index (χ3n) is 4.03. The molecule has 1 aromatic carbocycles. The van der Waals surface area contributed by atoms with Gasteiger partial charge in [-0.15, -0.1) is 0 Å². The van der Waals surface area contributed by atoms with Gasteiger partial charge in [0.05, 0.1) is 0 Å². The summed E-state index contributed by atoms with van der Waals surface area (Å²) in [5.74, 6) is 0.645. The van der Waals surface area contributed by atoms with Crippen LogP contribution >= 0.6 is 0 Å². The van der Waals surface area contributed by atoms with Gasteiger partial charge in [-0.1, -0.05) is 6.07 Å². The number of carbonyl (C=O) groups is 1. The predicted molar refractivity (Wildman–Crippen MR) is 76.0 cm³/mol. The number of amides is 1. The largest absolute Gasteiger partial charge is 0.361 e. The zero-order chi connectivity index (χ0) is 13.4. The summed E-state index contributed by atoms with van der Waals surface area (Å²) < 4.78 is 0. The van der Waals surface area contributed by atoms with Gasteiger partial charge in [0, 0.05) is 36.9 Å². The quantitative estimate of drug-likeness (QED) is 0.879. The van der Waals surface area contributed by atoms with Gasteiger partial charge < -0.3 is 15.6 Å². The monoisotopic (exact) mass is 257 g/mol. The standard InChI is InChI=1S/C15H19N3O/c1-18(14(9-16)11-3-4-11)15(19)12-5-2-10-6-7-17-13(10)8-12/h2,5-8,11,14,17H,3-4,9,16H2,1H3. The number of nitrogens with zero attached hydrogens (tertiary/aromatic N) is 1. The van der Waals surface area contributed by atoms with Crippen LogP contribution in [-0.2, 0) is 0 Å². The molecule has 100 valence electrons. The average Bonchev–Trinajstić information content (AvgIpc) is 3.15. The van der Waals surface area contributed by atoms with Crippen molar-refractivity contribution in [3.8, 4) is 0 Å². The molecular formula is C15H19N3O. The van der Waals surface area contributed by atoms with Crippen molar-refractivity contribution in [2.45, 2.75) is 18.9 Å². The van der Waals surface area contributed by atoms with Crippen LogP contribution in [-0.4, -0.2) is 35.4 Å². The third-order valence-corrected chi connectivity index (χ3v) is 4.03. The van der Waals surface area contributed by atoms with Gasteiger partial charge in [-0.3, -0.25) is 4.79 Å². The van der Waals surface area contributed by atoms with Gasteiger partial charge in [0.15, 0.2) is 0 Å². The van der Waals surface area contributed by atoms with Gasteiger partial charge in [0.25, 0.3) is 5.91 Å². The minimum absolute atomic E-state index is 0.0545. The van der Waals surface area contributed by atoms with Gasteiger partial charge in [-0.05, 0) is 42.3 Å². The fourth-order valence-electron chi connectivity index (χ4n) is 2.68. The number of hydrogen-bond donors (Lipinski definition) is 2. The Labute approximate surface area is 112 Å². The zero-order valence-corrected chi connectivity index (χ0v) is 11.1. The summed E-state index contributed by atoms with van der Waals surface area (Å²) in [5, 5.41) is 1.12. The summed E-state index contributed by atoms with van der Waals surface area (Å²) in [6, 6.07) is 7.94. The van der Waals surface area contributed by atoms with Gasteiger partial charge in [-0.25, -0.2) is 0 Å². The molecule has 1 aromatic heterocycles. The summed E-state index contributed by atoms with van der Waals surface area (Å²) in [4.78, 5) is 17.4. The predicted octanol–water partition coefficient (Wildman–Crippen LogP) is 1.98. The molecule has 1 unspecified atom stereocenters. The average molecular weight is 257 g/mol. The lowest BCUT2D eigenvalue weighted by atomic mass is 10.1. The molecule has 4 heteroatoms. The smallest absolute Gasteiger partial charge is 0.253 e. The number of nitrogens with one attached hydrogen (secondary N) is 1. The van der Waals surface area contributed by atoms with Crippen LogP contribution in [0.5, 0.6) is 0 Å². The fourth-order valence-corrected chi connectivity index (χ4v) is 2.68. The maximum absolute atomic E-state index is 12.5. The van der Waals surface area contributed by atoms with Gasteiger partial charge in [0.2, 0.25) is 0 Å². The molecule has 0 bridgehead atoms. The van der Waals surface area contributed by atoms with Gasteiger partial charge in [-0.2, -0.15) is 0 Å². The highest BCUT2D eigenvalue weighted by Gasteiger charge is 2.35. The molecule has 1 atom stereocenters. The Kier molecular flexibility index (Phi) is 3.03. The first-order chi connectivity index (χ1) is 9.20. The van der Waals surface area contributed by atoms with Crippen LogP contribution in [0.4, 0.5) is 0 Å². The van der Waals surface area contributed by atoms with Crippen molar-refractivity contribution < 1.29 is 4.79 Å². The Bertz CT molecular complexity index is 600. The first-order valence-corrected chi connectivity index (χ1v) is 6.75. The summed E-state index contributed by atoms with van der Waals surface area (Å²) >= 11 is 0. The SMILES string of the molecule is CN(C(=O)c1ccc2cc[nH]c2c1)C(CN)C1CC1. The Morgan fingerprint density at radius 2 is 2.26 bits per heavy atom. The van der Waals surface area contributed by atoms with E-state index in [1.165, 1.54) is 12.8 Å². The number of hydrogen-bond acceptors (Lipinski definition) is 2. The summed E-state index contributed by atoms with van der Waals surface area (Å²) in [5.41, 5.74) is 7.52. The molecule has 1 aliphatic rings. The van der Waals surface area contributed by atoms with E-state index in [0.717, 1.165) is 16.5 Å². The number of aromatic amines is 1. The van der Waals surface area contributed by atoms with Crippen molar-refractivity contribution in [3.63, 3.8) is 0 Å². The normalized spacial score (nSPS) is 16.5. The lowest BCUT2D eigenvalue weighted by molar-refractivity contribution is 0.0719. The molecule has 2 aromatic rings. The molecule has 1 aliphatic carbocycles. The van der Waals surface area contributed by atoms with Crippen molar-refractivity contribution in [1.82, 2.24) is 9.88 Å². The second-order valence-corrected chi connectivity index (χ2v) is 5.34. The second-order valence-electron chi connectivity index (χ2n) is 5.34. The minimum Gasteiger partial charge on any atom is -0.361 e. The van der Waals surface area contributed by atoms with E-state index < -0.39 is 0 Å². The number of rotatable bonds is 4. The van der Waals surface area contributed by atoms with Crippen LogP contribution in [0.3, 0.4) is 0 Å². The second kappa shape index (κ2) is 4.70. The molecule has 0 aliphatic heterocycles. The van der Waals surface area contributed by atoms with Crippen LogP contribution in [0, 0.1) is 5.92 Å². The fraction of sp³-hybridized carbons (Fsp3) is 0.400. The highest BCUT2D eigenvalue weighted by molar-refractivity contribution is 5.98. The van der Waals surface area contributed by atoms with E-state index in [2.05, 4.69) is 4.98 Å². The van der Waals surface area contributed by atoms with E-state index in [1.54, 1.807) is 0 Å². The third kappa shape index (κ3) is 2.24. The maximum atomic E-state index is 12.5. The van der Waals surface area contributed by atoms with E-state index in [-0.39, 0.29) is 11.9 Å². The highest BCUT2D eigenvalue weighted by Crippen LogP contribution is 2.35. The topological polar surface area (TPSA) is 62.1 Å². The maximum Gasteiger partial charge on any atom is 0.253 e. The van der Waals surface area contributed by atoms with E-state index in [0.29, 0.717) is 12.5 Å². The Morgan fingerprint density at radius 1 is 1.47 bits per heavy atom. The minimum atomic E-state index is 0.0545. The number of fused-ring (bicyclic) bond motifs is 1. The van der Waals surface area contributed by atoms with E-state index in [9.17, 15) is 4.79 Å². The molecule has 19 heavy (non-hydrogen) atoms. The van der Waals surface area contributed by atoms with E-state index >= 15 is 0 Å².